The maximum Gasteiger partial charge on any atom is 0.326 e. The molecule has 0 saturated heterocycles. The molecule has 0 N–H and O–H groups in total. The fraction of sp³-hybridized carbons (Fsp3) is 0.333. The number of hydrogen-bond acceptors (Lipinski definition) is 5. The van der Waals surface area contributed by atoms with Gasteiger partial charge >= 0.3 is 5.97 Å². The Balaban J connectivity index is 1.63. The Morgan fingerprint density at radius 2 is 1.86 bits per heavy atom. The number of esters is 1. The molecule has 0 aliphatic carbocycles. The molecule has 1 aliphatic rings. The Hall–Kier alpha value is -3.22. The quantitative estimate of drug-likeness (QED) is 0.434. The van der Waals surface area contributed by atoms with E-state index in [0.717, 1.165) is 22.8 Å². The van der Waals surface area contributed by atoms with Gasteiger partial charge in [0.05, 0.1) is 6.42 Å². The van der Waals surface area contributed by atoms with Gasteiger partial charge in [-0.1, -0.05) is 18.2 Å². The molecule has 1 aromatic carbocycles. The van der Waals surface area contributed by atoms with Crippen LogP contribution in [0.3, 0.4) is 0 Å². The molecule has 0 fully saturated rings. The van der Waals surface area contributed by atoms with Gasteiger partial charge < -0.3 is 9.30 Å². The normalized spacial score (nSPS) is 13.5. The van der Waals surface area contributed by atoms with Crippen LogP contribution in [0.25, 0.3) is 0 Å². The minimum absolute atomic E-state index is 0.0527. The first-order valence-electron chi connectivity index (χ1n) is 9.11. The SMILES string of the molecule is CCn1c(C)cc(C(=O)COC(=O)CN2C(=O)Cc3ccccc3C2=O)c1C. The summed E-state index contributed by atoms with van der Waals surface area (Å²) in [5.41, 5.74) is 3.32. The van der Waals surface area contributed by atoms with Crippen molar-refractivity contribution in [2.45, 2.75) is 33.7 Å². The van der Waals surface area contributed by atoms with Gasteiger partial charge in [-0.05, 0) is 38.5 Å². The van der Waals surface area contributed by atoms with Crippen molar-refractivity contribution in [2.75, 3.05) is 13.2 Å². The molecular weight excluding hydrogens is 360 g/mol. The Kier molecular flexibility index (Phi) is 5.44. The highest BCUT2D eigenvalue weighted by molar-refractivity contribution is 6.11. The largest absolute Gasteiger partial charge is 0.456 e. The van der Waals surface area contributed by atoms with Gasteiger partial charge in [-0.3, -0.25) is 24.1 Å². The highest BCUT2D eigenvalue weighted by Crippen LogP contribution is 2.20. The second-order valence-corrected chi connectivity index (χ2v) is 6.73. The van der Waals surface area contributed by atoms with Crippen LogP contribution >= 0.6 is 0 Å². The van der Waals surface area contributed by atoms with Crippen molar-refractivity contribution in [3.05, 3.63) is 58.4 Å². The number of imide groups is 1. The summed E-state index contributed by atoms with van der Waals surface area (Å²) in [4.78, 5) is 50.1. The van der Waals surface area contributed by atoms with E-state index in [1.165, 1.54) is 0 Å². The van der Waals surface area contributed by atoms with E-state index in [2.05, 4.69) is 0 Å². The monoisotopic (exact) mass is 382 g/mol. The number of fused-ring (bicyclic) bond motifs is 1. The highest BCUT2D eigenvalue weighted by atomic mass is 16.5. The minimum Gasteiger partial charge on any atom is -0.456 e. The van der Waals surface area contributed by atoms with Gasteiger partial charge in [-0.15, -0.1) is 0 Å². The maximum atomic E-state index is 12.5. The van der Waals surface area contributed by atoms with Crippen LogP contribution in [0.15, 0.2) is 30.3 Å². The second-order valence-electron chi connectivity index (χ2n) is 6.73. The number of nitrogens with zero attached hydrogens (tertiary/aromatic N) is 2. The van der Waals surface area contributed by atoms with Gasteiger partial charge in [0.2, 0.25) is 11.7 Å². The van der Waals surface area contributed by atoms with Crippen LogP contribution in [0.2, 0.25) is 0 Å². The van der Waals surface area contributed by atoms with Gasteiger partial charge in [-0.2, -0.15) is 0 Å². The number of aryl methyl sites for hydroxylation is 1. The number of hydrogen-bond donors (Lipinski definition) is 0. The van der Waals surface area contributed by atoms with E-state index < -0.39 is 30.9 Å². The second kappa shape index (κ2) is 7.80. The molecule has 0 bridgehead atoms. The van der Waals surface area contributed by atoms with Crippen molar-refractivity contribution in [1.29, 1.82) is 0 Å². The van der Waals surface area contributed by atoms with E-state index >= 15 is 0 Å². The van der Waals surface area contributed by atoms with Crippen LogP contribution in [0.5, 0.6) is 0 Å². The lowest BCUT2D eigenvalue weighted by atomic mass is 9.98. The van der Waals surface area contributed by atoms with E-state index in [4.69, 9.17) is 4.74 Å². The van der Waals surface area contributed by atoms with Crippen molar-refractivity contribution < 1.29 is 23.9 Å². The van der Waals surface area contributed by atoms with Crippen molar-refractivity contribution >= 4 is 23.6 Å². The first-order valence-corrected chi connectivity index (χ1v) is 9.11. The molecule has 0 atom stereocenters. The summed E-state index contributed by atoms with van der Waals surface area (Å²) in [6.45, 7) is 5.54. The van der Waals surface area contributed by atoms with Crippen LogP contribution in [-0.4, -0.2) is 46.2 Å². The Bertz CT molecular complexity index is 973. The van der Waals surface area contributed by atoms with Crippen molar-refractivity contribution in [3.63, 3.8) is 0 Å². The Labute approximate surface area is 162 Å². The molecule has 1 aromatic heterocycles. The van der Waals surface area contributed by atoms with Crippen LogP contribution < -0.4 is 0 Å². The van der Waals surface area contributed by atoms with Crippen molar-refractivity contribution in [2.24, 2.45) is 0 Å². The number of carbonyl (C=O) groups excluding carboxylic acids is 4. The molecule has 2 heterocycles. The molecule has 0 radical (unpaired) electrons. The first kappa shape index (κ1) is 19.5. The topological polar surface area (TPSA) is 85.7 Å². The van der Waals surface area contributed by atoms with Crippen LogP contribution in [-0.2, 0) is 27.3 Å². The fourth-order valence-electron chi connectivity index (χ4n) is 3.53. The summed E-state index contributed by atoms with van der Waals surface area (Å²) in [6, 6.07) is 8.56. The molecule has 146 valence electrons. The Morgan fingerprint density at radius 1 is 1.14 bits per heavy atom. The van der Waals surface area contributed by atoms with Crippen molar-refractivity contribution in [1.82, 2.24) is 9.47 Å². The number of Topliss-reactive ketones (excluding diaryl/α,β-unsaturated/α-hetero) is 1. The van der Waals surface area contributed by atoms with Crippen molar-refractivity contribution in [3.8, 4) is 0 Å². The number of carbonyl (C=O) groups is 4. The molecular formula is C21H22N2O5. The summed E-state index contributed by atoms with van der Waals surface area (Å²) in [6.07, 6.45) is 0.0527. The molecule has 2 aromatic rings. The number of ether oxygens (including phenoxy) is 1. The molecule has 2 amide bonds. The lowest BCUT2D eigenvalue weighted by Gasteiger charge is -2.25. The summed E-state index contributed by atoms with van der Waals surface area (Å²) < 4.78 is 7.04. The first-order chi connectivity index (χ1) is 13.3. The van der Waals surface area contributed by atoms with Crippen LogP contribution in [0.1, 0.15) is 44.6 Å². The molecule has 28 heavy (non-hydrogen) atoms. The lowest BCUT2D eigenvalue weighted by molar-refractivity contribution is -0.146. The zero-order chi connectivity index (χ0) is 20.4. The van der Waals surface area contributed by atoms with E-state index in [9.17, 15) is 19.2 Å². The summed E-state index contributed by atoms with van der Waals surface area (Å²) >= 11 is 0. The van der Waals surface area contributed by atoms with Crippen LogP contribution in [0, 0.1) is 13.8 Å². The van der Waals surface area contributed by atoms with Crippen LogP contribution in [0.4, 0.5) is 0 Å². The fourth-order valence-corrected chi connectivity index (χ4v) is 3.53. The van der Waals surface area contributed by atoms with Gasteiger partial charge in [-0.25, -0.2) is 0 Å². The number of aromatic nitrogens is 1. The zero-order valence-electron chi connectivity index (χ0n) is 16.2. The molecule has 0 unspecified atom stereocenters. The number of ketones is 1. The minimum atomic E-state index is -0.793. The van der Waals surface area contributed by atoms with Gasteiger partial charge in [0, 0.05) is 29.1 Å². The van der Waals surface area contributed by atoms with Gasteiger partial charge in [0.15, 0.2) is 6.61 Å². The number of amides is 2. The summed E-state index contributed by atoms with van der Waals surface area (Å²) in [5, 5.41) is 0. The van der Waals surface area contributed by atoms with Gasteiger partial charge in [0.25, 0.3) is 5.91 Å². The predicted molar refractivity (Wildman–Crippen MR) is 101 cm³/mol. The number of benzene rings is 1. The average molecular weight is 382 g/mol. The third-order valence-corrected chi connectivity index (χ3v) is 4.98. The molecule has 3 rings (SSSR count). The standard InChI is InChI=1S/C21H22N2O5/c1-4-22-13(2)9-17(14(22)3)18(24)12-28-20(26)11-23-19(25)10-15-7-5-6-8-16(15)21(23)27/h5-9H,4,10-12H2,1-3H3. The van der Waals surface area contributed by atoms with E-state index in [-0.39, 0.29) is 12.2 Å². The molecule has 7 nitrogen and oxygen atoms in total. The lowest BCUT2D eigenvalue weighted by Crippen LogP contribution is -2.45. The Morgan fingerprint density at radius 3 is 2.54 bits per heavy atom. The third kappa shape index (κ3) is 3.60. The molecule has 7 heteroatoms. The maximum absolute atomic E-state index is 12.5. The summed E-state index contributed by atoms with van der Waals surface area (Å²) in [5.74, 6) is -2.10. The molecule has 1 aliphatic heterocycles. The highest BCUT2D eigenvalue weighted by Gasteiger charge is 2.32. The van der Waals surface area contributed by atoms with E-state index in [1.807, 2.05) is 25.3 Å². The predicted octanol–water partition coefficient (Wildman–Crippen LogP) is 2.08. The third-order valence-electron chi connectivity index (χ3n) is 4.98. The molecule has 0 spiro atoms. The van der Waals surface area contributed by atoms with E-state index in [1.54, 1.807) is 30.3 Å². The zero-order valence-corrected chi connectivity index (χ0v) is 16.2. The average Bonchev–Trinajstić information content (AvgIpc) is 2.96. The molecule has 0 saturated carbocycles. The summed E-state index contributed by atoms with van der Waals surface area (Å²) in [7, 11) is 0. The van der Waals surface area contributed by atoms with Gasteiger partial charge in [0.1, 0.15) is 6.54 Å². The number of rotatable bonds is 6. The van der Waals surface area contributed by atoms with E-state index in [0.29, 0.717) is 16.7 Å². The smallest absolute Gasteiger partial charge is 0.326 e.